The molecule has 5 heteroatoms. The largest absolute Gasteiger partial charge is 0.493 e. The minimum absolute atomic E-state index is 0.127. The second-order valence-corrected chi connectivity index (χ2v) is 3.83. The van der Waals surface area contributed by atoms with Crippen molar-refractivity contribution in [3.05, 3.63) is 22.5 Å². The van der Waals surface area contributed by atoms with Crippen molar-refractivity contribution in [3.8, 4) is 11.5 Å². The Bertz CT molecular complexity index is 380. The maximum Gasteiger partial charge on any atom is 0.182 e. The molecule has 16 heavy (non-hydrogen) atoms. The van der Waals surface area contributed by atoms with E-state index in [9.17, 15) is 9.50 Å². The SMILES string of the molecule is COc1cc(CC(C)O)c(F)c(Cl)c1OC. The van der Waals surface area contributed by atoms with Crippen molar-refractivity contribution >= 4 is 11.6 Å². The van der Waals surface area contributed by atoms with E-state index in [-0.39, 0.29) is 17.2 Å². The van der Waals surface area contributed by atoms with Crippen LogP contribution in [0.2, 0.25) is 5.02 Å². The van der Waals surface area contributed by atoms with Crippen LogP contribution in [-0.2, 0) is 6.42 Å². The highest BCUT2D eigenvalue weighted by Gasteiger charge is 2.18. The monoisotopic (exact) mass is 248 g/mol. The van der Waals surface area contributed by atoms with Gasteiger partial charge in [0.1, 0.15) is 10.8 Å². The number of ether oxygens (including phenoxy) is 2. The fourth-order valence-corrected chi connectivity index (χ4v) is 1.74. The molecule has 1 aromatic rings. The van der Waals surface area contributed by atoms with E-state index < -0.39 is 11.9 Å². The maximum atomic E-state index is 13.7. The number of halogens is 2. The molecule has 3 nitrogen and oxygen atoms in total. The van der Waals surface area contributed by atoms with E-state index in [0.29, 0.717) is 11.3 Å². The van der Waals surface area contributed by atoms with Crippen LogP contribution in [0.3, 0.4) is 0 Å². The molecule has 0 aliphatic heterocycles. The summed E-state index contributed by atoms with van der Waals surface area (Å²) < 4.78 is 23.7. The quantitative estimate of drug-likeness (QED) is 0.889. The van der Waals surface area contributed by atoms with Gasteiger partial charge in [-0.1, -0.05) is 11.6 Å². The van der Waals surface area contributed by atoms with Gasteiger partial charge in [-0.3, -0.25) is 0 Å². The van der Waals surface area contributed by atoms with Gasteiger partial charge in [0.05, 0.1) is 20.3 Å². The van der Waals surface area contributed by atoms with E-state index in [1.165, 1.54) is 20.3 Å². The summed E-state index contributed by atoms with van der Waals surface area (Å²) in [4.78, 5) is 0. The Morgan fingerprint density at radius 3 is 2.50 bits per heavy atom. The van der Waals surface area contributed by atoms with Gasteiger partial charge in [0.25, 0.3) is 0 Å². The second-order valence-electron chi connectivity index (χ2n) is 3.45. The van der Waals surface area contributed by atoms with E-state index in [0.717, 1.165) is 0 Å². The highest BCUT2D eigenvalue weighted by molar-refractivity contribution is 6.32. The lowest BCUT2D eigenvalue weighted by Crippen LogP contribution is -2.07. The lowest BCUT2D eigenvalue weighted by atomic mass is 10.1. The molecule has 0 aliphatic rings. The summed E-state index contributed by atoms with van der Waals surface area (Å²) in [6, 6.07) is 1.48. The Labute approximate surface area is 98.7 Å². The van der Waals surface area contributed by atoms with Gasteiger partial charge in [-0.15, -0.1) is 0 Å². The van der Waals surface area contributed by atoms with Gasteiger partial charge in [-0.05, 0) is 18.6 Å². The lowest BCUT2D eigenvalue weighted by Gasteiger charge is -2.14. The minimum atomic E-state index is -0.649. The number of benzene rings is 1. The van der Waals surface area contributed by atoms with Crippen LogP contribution in [0.25, 0.3) is 0 Å². The molecule has 90 valence electrons. The summed E-state index contributed by atoms with van der Waals surface area (Å²) >= 11 is 5.80. The van der Waals surface area contributed by atoms with E-state index in [1.807, 2.05) is 0 Å². The molecule has 0 aromatic heterocycles. The first-order valence-electron chi connectivity index (χ1n) is 4.78. The molecule has 0 fully saturated rings. The van der Waals surface area contributed by atoms with Crippen LogP contribution >= 0.6 is 11.6 Å². The van der Waals surface area contributed by atoms with Crippen molar-refractivity contribution in [2.24, 2.45) is 0 Å². The van der Waals surface area contributed by atoms with Crippen molar-refractivity contribution in [2.75, 3.05) is 14.2 Å². The standard InChI is InChI=1S/C11H14ClFO3/c1-6(14)4-7-5-8(15-2)11(16-3)9(12)10(7)13/h5-6,14H,4H2,1-3H3. The fourth-order valence-electron chi connectivity index (χ4n) is 1.44. The van der Waals surface area contributed by atoms with E-state index in [4.69, 9.17) is 21.1 Å². The highest BCUT2D eigenvalue weighted by Crippen LogP contribution is 2.38. The third-order valence-electron chi connectivity index (χ3n) is 2.14. The Kier molecular flexibility index (Phi) is 4.38. The second kappa shape index (κ2) is 5.37. The zero-order chi connectivity index (χ0) is 12.3. The molecule has 0 saturated heterocycles. The van der Waals surface area contributed by atoms with Crippen LogP contribution in [0.5, 0.6) is 11.5 Å². The average molecular weight is 249 g/mol. The average Bonchev–Trinajstić information content (AvgIpc) is 2.24. The molecule has 0 saturated carbocycles. The first-order chi connectivity index (χ1) is 7.51. The number of hydrogen-bond donors (Lipinski definition) is 1. The highest BCUT2D eigenvalue weighted by atomic mass is 35.5. The van der Waals surface area contributed by atoms with Crippen molar-refractivity contribution < 1.29 is 19.0 Å². The van der Waals surface area contributed by atoms with Gasteiger partial charge < -0.3 is 14.6 Å². The zero-order valence-corrected chi connectivity index (χ0v) is 10.1. The van der Waals surface area contributed by atoms with E-state index in [2.05, 4.69) is 0 Å². The van der Waals surface area contributed by atoms with Gasteiger partial charge in [0.15, 0.2) is 11.5 Å². The molecular weight excluding hydrogens is 235 g/mol. The molecule has 1 atom stereocenters. The van der Waals surface area contributed by atoms with Gasteiger partial charge in [0, 0.05) is 6.42 Å². The van der Waals surface area contributed by atoms with Gasteiger partial charge in [0.2, 0.25) is 0 Å². The van der Waals surface area contributed by atoms with Crippen molar-refractivity contribution in [2.45, 2.75) is 19.4 Å². The first kappa shape index (κ1) is 13.1. The van der Waals surface area contributed by atoms with E-state index >= 15 is 0 Å². The molecule has 1 unspecified atom stereocenters. The summed E-state index contributed by atoms with van der Waals surface area (Å²) in [5, 5.41) is 9.10. The summed E-state index contributed by atoms with van der Waals surface area (Å²) in [5.41, 5.74) is 0.303. The summed E-state index contributed by atoms with van der Waals surface area (Å²) in [7, 11) is 2.83. The Morgan fingerprint density at radius 1 is 1.44 bits per heavy atom. The van der Waals surface area contributed by atoms with Crippen LogP contribution < -0.4 is 9.47 Å². The molecule has 0 spiro atoms. The Balaban J connectivity index is 3.27. The summed E-state index contributed by atoms with van der Waals surface area (Å²) in [6.07, 6.45) is -0.477. The third kappa shape index (κ3) is 2.57. The lowest BCUT2D eigenvalue weighted by molar-refractivity contribution is 0.194. The molecule has 1 N–H and O–H groups in total. The summed E-state index contributed by atoms with van der Waals surface area (Å²) in [6.45, 7) is 1.57. The minimum Gasteiger partial charge on any atom is -0.493 e. The fraction of sp³-hybridized carbons (Fsp3) is 0.455. The zero-order valence-electron chi connectivity index (χ0n) is 9.38. The van der Waals surface area contributed by atoms with Crippen LogP contribution in [0, 0.1) is 5.82 Å². The molecule has 0 bridgehead atoms. The smallest absolute Gasteiger partial charge is 0.182 e. The van der Waals surface area contributed by atoms with Crippen molar-refractivity contribution in [3.63, 3.8) is 0 Å². The van der Waals surface area contributed by atoms with Crippen LogP contribution in [-0.4, -0.2) is 25.4 Å². The molecular formula is C11H14ClFO3. The van der Waals surface area contributed by atoms with Crippen molar-refractivity contribution in [1.82, 2.24) is 0 Å². The van der Waals surface area contributed by atoms with Gasteiger partial charge in [-0.25, -0.2) is 4.39 Å². The molecule has 1 aromatic carbocycles. The maximum absolute atomic E-state index is 13.7. The Morgan fingerprint density at radius 2 is 2.06 bits per heavy atom. The number of aliphatic hydroxyl groups is 1. The number of hydrogen-bond acceptors (Lipinski definition) is 3. The van der Waals surface area contributed by atoms with Crippen LogP contribution in [0.1, 0.15) is 12.5 Å². The number of rotatable bonds is 4. The van der Waals surface area contributed by atoms with Gasteiger partial charge >= 0.3 is 0 Å². The molecule has 0 radical (unpaired) electrons. The molecule has 0 amide bonds. The predicted molar refractivity (Wildman–Crippen MR) is 59.9 cm³/mol. The summed E-state index contributed by atoms with van der Waals surface area (Å²) in [5.74, 6) is -0.0687. The molecule has 0 heterocycles. The number of aliphatic hydroxyl groups excluding tert-OH is 1. The normalized spacial score (nSPS) is 12.4. The molecule has 1 rings (SSSR count). The topological polar surface area (TPSA) is 38.7 Å². The third-order valence-corrected chi connectivity index (χ3v) is 2.48. The molecule has 0 aliphatic carbocycles. The predicted octanol–water partition coefficient (Wildman–Crippen LogP) is 2.42. The van der Waals surface area contributed by atoms with Crippen LogP contribution in [0.15, 0.2) is 6.07 Å². The first-order valence-corrected chi connectivity index (χ1v) is 5.16. The van der Waals surface area contributed by atoms with E-state index in [1.54, 1.807) is 6.92 Å². The Hall–Kier alpha value is -1.00. The van der Waals surface area contributed by atoms with Crippen molar-refractivity contribution in [1.29, 1.82) is 0 Å². The van der Waals surface area contributed by atoms with Crippen LogP contribution in [0.4, 0.5) is 4.39 Å². The number of methoxy groups -OCH3 is 2. The van der Waals surface area contributed by atoms with Gasteiger partial charge in [-0.2, -0.15) is 0 Å².